The predicted octanol–water partition coefficient (Wildman–Crippen LogP) is 6.89. The molecule has 3 aliphatic carbocycles. The number of hydrogen-bond acceptors (Lipinski definition) is 4. The van der Waals surface area contributed by atoms with Gasteiger partial charge < -0.3 is 10.3 Å². The summed E-state index contributed by atoms with van der Waals surface area (Å²) in [6.07, 6.45) is 10.2. The number of nitrogens with one attached hydrogen (secondary N) is 2. The number of pyridine rings is 1. The van der Waals surface area contributed by atoms with Crippen molar-refractivity contribution in [1.82, 2.24) is 19.9 Å². The standard InChI is InChI=1S/C27H23F3N6/c1-13-14-3-5-15(6-4-14)23(13)35-27-22(30)21(16-9-32-12-33-10-16)26(31-2)25(36-27)19-11-34-24-18(19)7-17(28)8-20(24)29/h7-15,23,34H,3-6H2,1H3,(H,35,36)/t13-,14?,15?,23+/m1/s1. The molecule has 4 aromatic rings. The van der Waals surface area contributed by atoms with Crippen molar-refractivity contribution in [3.8, 4) is 22.4 Å². The second-order valence-corrected chi connectivity index (χ2v) is 9.80. The predicted molar refractivity (Wildman–Crippen MR) is 131 cm³/mol. The maximum Gasteiger partial charge on any atom is 0.223 e. The molecule has 2 N–H and O–H groups in total. The number of aromatic amines is 1. The molecule has 3 aliphatic rings. The molecule has 36 heavy (non-hydrogen) atoms. The Balaban J connectivity index is 1.58. The lowest BCUT2D eigenvalue weighted by molar-refractivity contribution is 0.0926. The van der Waals surface area contributed by atoms with Gasteiger partial charge in [0.25, 0.3) is 0 Å². The maximum absolute atomic E-state index is 16.1. The molecule has 0 spiro atoms. The molecule has 1 aromatic carbocycles. The Hall–Kier alpha value is -3.93. The quantitative estimate of drug-likeness (QED) is 0.307. The third-order valence-corrected chi connectivity index (χ3v) is 7.97. The van der Waals surface area contributed by atoms with E-state index in [4.69, 9.17) is 6.57 Å². The van der Waals surface area contributed by atoms with Gasteiger partial charge in [0, 0.05) is 52.8 Å². The second-order valence-electron chi connectivity index (χ2n) is 9.80. The first-order valence-electron chi connectivity index (χ1n) is 12.1. The summed E-state index contributed by atoms with van der Waals surface area (Å²) in [5.74, 6) is -0.812. The van der Waals surface area contributed by atoms with Gasteiger partial charge in [0.1, 0.15) is 18.0 Å². The zero-order valence-electron chi connectivity index (χ0n) is 19.5. The molecule has 3 heterocycles. The van der Waals surface area contributed by atoms with E-state index in [1.165, 1.54) is 43.8 Å². The fourth-order valence-corrected chi connectivity index (χ4v) is 6.15. The topological polar surface area (TPSA) is 70.8 Å². The van der Waals surface area contributed by atoms with Crippen LogP contribution in [0.4, 0.5) is 24.7 Å². The van der Waals surface area contributed by atoms with Crippen LogP contribution in [0.3, 0.4) is 0 Å². The van der Waals surface area contributed by atoms with Crippen LogP contribution in [0.1, 0.15) is 32.6 Å². The maximum atomic E-state index is 16.1. The van der Waals surface area contributed by atoms with Gasteiger partial charge in [-0.1, -0.05) is 6.92 Å². The molecule has 3 saturated carbocycles. The van der Waals surface area contributed by atoms with Crippen molar-refractivity contribution in [1.29, 1.82) is 0 Å². The molecule has 0 unspecified atom stereocenters. The Labute approximate surface area is 205 Å². The summed E-state index contributed by atoms with van der Waals surface area (Å²) in [6, 6.07) is 2.02. The third-order valence-electron chi connectivity index (χ3n) is 7.97. The van der Waals surface area contributed by atoms with Gasteiger partial charge in [-0.15, -0.1) is 0 Å². The minimum Gasteiger partial charge on any atom is -0.364 e. The van der Waals surface area contributed by atoms with Crippen molar-refractivity contribution in [3.63, 3.8) is 0 Å². The smallest absolute Gasteiger partial charge is 0.223 e. The molecule has 6 nitrogen and oxygen atoms in total. The van der Waals surface area contributed by atoms with E-state index in [2.05, 4.69) is 37.0 Å². The van der Waals surface area contributed by atoms with Crippen LogP contribution in [0.2, 0.25) is 0 Å². The van der Waals surface area contributed by atoms with E-state index in [9.17, 15) is 8.78 Å². The van der Waals surface area contributed by atoms with Gasteiger partial charge in [-0.25, -0.2) is 33.0 Å². The Morgan fingerprint density at radius 1 is 1.06 bits per heavy atom. The average Bonchev–Trinajstić information content (AvgIpc) is 3.31. The molecule has 2 bridgehead atoms. The van der Waals surface area contributed by atoms with Crippen molar-refractivity contribution in [2.75, 3.05) is 5.32 Å². The molecule has 182 valence electrons. The highest BCUT2D eigenvalue weighted by Gasteiger charge is 2.42. The lowest BCUT2D eigenvalue weighted by atomic mass is 9.62. The van der Waals surface area contributed by atoms with Gasteiger partial charge in [-0.05, 0) is 49.5 Å². The van der Waals surface area contributed by atoms with E-state index in [-0.39, 0.29) is 39.7 Å². The molecule has 0 aliphatic heterocycles. The van der Waals surface area contributed by atoms with Gasteiger partial charge in [-0.2, -0.15) is 0 Å². The molecular formula is C27H23F3N6. The lowest BCUT2D eigenvalue weighted by Crippen LogP contribution is -2.47. The van der Waals surface area contributed by atoms with Gasteiger partial charge in [0.2, 0.25) is 5.69 Å². The summed E-state index contributed by atoms with van der Waals surface area (Å²) in [4.78, 5) is 19.0. The molecule has 2 atom stereocenters. The summed E-state index contributed by atoms with van der Waals surface area (Å²) in [7, 11) is 0. The van der Waals surface area contributed by atoms with Crippen LogP contribution in [0.15, 0.2) is 37.1 Å². The molecule has 0 saturated heterocycles. The van der Waals surface area contributed by atoms with Crippen molar-refractivity contribution in [2.45, 2.75) is 38.6 Å². The van der Waals surface area contributed by atoms with E-state index in [0.29, 0.717) is 28.9 Å². The zero-order valence-corrected chi connectivity index (χ0v) is 19.5. The third kappa shape index (κ3) is 3.51. The van der Waals surface area contributed by atoms with Gasteiger partial charge in [0.05, 0.1) is 17.8 Å². The molecule has 9 heteroatoms. The van der Waals surface area contributed by atoms with Gasteiger partial charge >= 0.3 is 0 Å². The Kier molecular flexibility index (Phi) is 5.40. The fraction of sp³-hybridized carbons (Fsp3) is 0.333. The summed E-state index contributed by atoms with van der Waals surface area (Å²) >= 11 is 0. The fourth-order valence-electron chi connectivity index (χ4n) is 6.15. The first-order chi connectivity index (χ1) is 17.5. The van der Waals surface area contributed by atoms with Crippen LogP contribution in [0, 0.1) is 41.8 Å². The largest absolute Gasteiger partial charge is 0.364 e. The highest BCUT2D eigenvalue weighted by molar-refractivity contribution is 6.01. The number of benzene rings is 1. The van der Waals surface area contributed by atoms with Crippen molar-refractivity contribution >= 4 is 22.4 Å². The number of nitrogens with zero attached hydrogens (tertiary/aromatic N) is 4. The van der Waals surface area contributed by atoms with E-state index < -0.39 is 17.5 Å². The van der Waals surface area contributed by atoms with E-state index in [1.807, 2.05) is 0 Å². The van der Waals surface area contributed by atoms with Gasteiger partial charge in [-0.3, -0.25) is 0 Å². The SMILES string of the molecule is [C-]#[N+]c1c(-c2c[nH]c3c(F)cc(F)cc23)nc(N[C@@H]2C3CCC(CC3)[C@H]2C)c(F)c1-c1cncnc1. The summed E-state index contributed by atoms with van der Waals surface area (Å²) in [5, 5.41) is 3.60. The highest BCUT2D eigenvalue weighted by atomic mass is 19.1. The summed E-state index contributed by atoms with van der Waals surface area (Å²) < 4.78 is 44.7. The van der Waals surface area contributed by atoms with Crippen LogP contribution in [0.5, 0.6) is 0 Å². The van der Waals surface area contributed by atoms with E-state index >= 15 is 4.39 Å². The number of halogens is 3. The Morgan fingerprint density at radius 3 is 2.47 bits per heavy atom. The number of H-pyrrole nitrogens is 1. The van der Waals surface area contributed by atoms with Crippen LogP contribution < -0.4 is 5.32 Å². The van der Waals surface area contributed by atoms with Crippen LogP contribution in [-0.2, 0) is 0 Å². The molecule has 3 fully saturated rings. The van der Waals surface area contributed by atoms with E-state index in [0.717, 1.165) is 18.9 Å². The number of hydrogen-bond donors (Lipinski definition) is 2. The minimum atomic E-state index is -0.759. The van der Waals surface area contributed by atoms with Crippen molar-refractivity contribution in [3.05, 3.63) is 65.9 Å². The van der Waals surface area contributed by atoms with Crippen molar-refractivity contribution < 1.29 is 13.2 Å². The Bertz CT molecular complexity index is 1500. The summed E-state index contributed by atoms with van der Waals surface area (Å²) in [5.41, 5.74) is 0.801. The number of fused-ring (bicyclic) bond motifs is 4. The molecule has 3 aromatic heterocycles. The monoisotopic (exact) mass is 488 g/mol. The van der Waals surface area contributed by atoms with Crippen molar-refractivity contribution in [2.24, 2.45) is 17.8 Å². The zero-order chi connectivity index (χ0) is 25.0. The normalized spacial score (nSPS) is 23.1. The number of rotatable bonds is 4. The van der Waals surface area contributed by atoms with Crippen LogP contribution >= 0.6 is 0 Å². The van der Waals surface area contributed by atoms with Crippen LogP contribution in [-0.4, -0.2) is 26.0 Å². The first kappa shape index (κ1) is 22.5. The highest BCUT2D eigenvalue weighted by Crippen LogP contribution is 2.48. The second kappa shape index (κ2) is 8.63. The van der Waals surface area contributed by atoms with Gasteiger partial charge in [0.15, 0.2) is 11.6 Å². The molecule has 0 amide bonds. The van der Waals surface area contributed by atoms with Crippen LogP contribution in [0.25, 0.3) is 38.1 Å². The number of anilines is 1. The first-order valence-corrected chi connectivity index (χ1v) is 12.1. The summed E-state index contributed by atoms with van der Waals surface area (Å²) in [6.45, 7) is 10.1. The molecule has 0 radical (unpaired) electrons. The van der Waals surface area contributed by atoms with E-state index in [1.54, 1.807) is 0 Å². The Morgan fingerprint density at radius 2 is 1.78 bits per heavy atom. The molecule has 7 rings (SSSR count). The molecular weight excluding hydrogens is 465 g/mol. The minimum absolute atomic E-state index is 0.0120. The number of aromatic nitrogens is 4. The average molecular weight is 489 g/mol. The lowest BCUT2D eigenvalue weighted by Gasteiger charge is -2.47.